The topological polar surface area (TPSA) is 28.2 Å². The molecule has 1 aromatic rings. The average Bonchev–Trinajstić information content (AvgIpc) is 2.48. The minimum atomic E-state index is 0.822. The van der Waals surface area contributed by atoms with Crippen molar-refractivity contribution in [3.05, 3.63) is 24.0 Å². The standard InChI is InChI=1S/C16H25N3/c1-17-14-8-9-18-15(11-14)12-19-10-4-6-13-5-2-3-7-16(13)19/h8-9,11,13,16H,2-7,10,12H2,1H3,(H,17,18). The Labute approximate surface area is 116 Å². The van der Waals surface area contributed by atoms with Crippen LogP contribution in [-0.4, -0.2) is 29.5 Å². The molecule has 19 heavy (non-hydrogen) atoms. The van der Waals surface area contributed by atoms with E-state index in [0.29, 0.717) is 0 Å². The molecule has 2 atom stereocenters. The van der Waals surface area contributed by atoms with Gasteiger partial charge in [-0.25, -0.2) is 0 Å². The van der Waals surface area contributed by atoms with E-state index in [0.717, 1.165) is 18.5 Å². The zero-order valence-electron chi connectivity index (χ0n) is 11.9. The van der Waals surface area contributed by atoms with Gasteiger partial charge in [-0.05, 0) is 50.3 Å². The molecule has 1 aliphatic carbocycles. The number of pyridine rings is 1. The maximum Gasteiger partial charge on any atom is 0.0564 e. The smallest absolute Gasteiger partial charge is 0.0564 e. The number of fused-ring (bicyclic) bond motifs is 1. The first kappa shape index (κ1) is 12.9. The van der Waals surface area contributed by atoms with Crippen molar-refractivity contribution in [3.63, 3.8) is 0 Å². The molecule has 1 aromatic heterocycles. The first-order valence-electron chi connectivity index (χ1n) is 7.73. The SMILES string of the molecule is CNc1ccnc(CN2CCCC3CCCCC32)c1. The molecule has 2 heterocycles. The summed E-state index contributed by atoms with van der Waals surface area (Å²) >= 11 is 0. The van der Waals surface area contributed by atoms with Gasteiger partial charge in [0.1, 0.15) is 0 Å². The second-order valence-electron chi connectivity index (χ2n) is 6.01. The van der Waals surface area contributed by atoms with Crippen molar-refractivity contribution in [3.8, 4) is 0 Å². The van der Waals surface area contributed by atoms with Gasteiger partial charge in [0.05, 0.1) is 5.69 Å². The number of rotatable bonds is 3. The molecule has 104 valence electrons. The van der Waals surface area contributed by atoms with E-state index in [-0.39, 0.29) is 0 Å². The van der Waals surface area contributed by atoms with E-state index >= 15 is 0 Å². The molecular formula is C16H25N3. The summed E-state index contributed by atoms with van der Waals surface area (Å²) in [4.78, 5) is 7.23. The van der Waals surface area contributed by atoms with Crippen molar-refractivity contribution in [2.75, 3.05) is 18.9 Å². The lowest BCUT2D eigenvalue weighted by Gasteiger charge is -2.44. The molecule has 0 spiro atoms. The Morgan fingerprint density at radius 3 is 3.00 bits per heavy atom. The van der Waals surface area contributed by atoms with Crippen molar-refractivity contribution >= 4 is 5.69 Å². The number of likely N-dealkylation sites (tertiary alicyclic amines) is 1. The fourth-order valence-electron chi connectivity index (χ4n) is 3.85. The zero-order valence-corrected chi connectivity index (χ0v) is 11.9. The van der Waals surface area contributed by atoms with E-state index in [1.807, 2.05) is 19.3 Å². The molecule has 1 aliphatic heterocycles. The summed E-state index contributed by atoms with van der Waals surface area (Å²) in [6.07, 6.45) is 10.5. The van der Waals surface area contributed by atoms with Gasteiger partial charge in [0, 0.05) is 31.5 Å². The summed E-state index contributed by atoms with van der Waals surface area (Å²) in [6.45, 7) is 2.28. The van der Waals surface area contributed by atoms with Crippen molar-refractivity contribution in [1.29, 1.82) is 0 Å². The number of nitrogens with one attached hydrogen (secondary N) is 1. The van der Waals surface area contributed by atoms with E-state index in [4.69, 9.17) is 0 Å². The van der Waals surface area contributed by atoms with Gasteiger partial charge in [-0.2, -0.15) is 0 Å². The van der Waals surface area contributed by atoms with Gasteiger partial charge in [-0.1, -0.05) is 12.8 Å². The Hall–Kier alpha value is -1.09. The number of anilines is 1. The maximum atomic E-state index is 4.54. The quantitative estimate of drug-likeness (QED) is 0.903. The summed E-state index contributed by atoms with van der Waals surface area (Å²) in [5.74, 6) is 0.954. The van der Waals surface area contributed by atoms with E-state index in [9.17, 15) is 0 Å². The molecule has 1 N–H and O–H groups in total. The van der Waals surface area contributed by atoms with Gasteiger partial charge in [0.2, 0.25) is 0 Å². The number of hydrogen-bond donors (Lipinski definition) is 1. The number of aromatic nitrogens is 1. The second kappa shape index (κ2) is 5.91. The summed E-state index contributed by atoms with van der Waals surface area (Å²) < 4.78 is 0. The Balaban J connectivity index is 1.70. The molecule has 3 rings (SSSR count). The fourth-order valence-corrected chi connectivity index (χ4v) is 3.85. The first-order valence-corrected chi connectivity index (χ1v) is 7.73. The van der Waals surface area contributed by atoms with Crippen LogP contribution in [0.15, 0.2) is 18.3 Å². The molecule has 3 nitrogen and oxygen atoms in total. The molecular weight excluding hydrogens is 234 g/mol. The monoisotopic (exact) mass is 259 g/mol. The van der Waals surface area contributed by atoms with Gasteiger partial charge in [-0.3, -0.25) is 9.88 Å². The Morgan fingerprint density at radius 1 is 1.26 bits per heavy atom. The van der Waals surface area contributed by atoms with E-state index in [2.05, 4.69) is 21.3 Å². The Bertz CT molecular complexity index is 416. The molecule has 2 unspecified atom stereocenters. The summed E-state index contributed by atoms with van der Waals surface area (Å²) in [6, 6.07) is 5.04. The van der Waals surface area contributed by atoms with Gasteiger partial charge in [-0.15, -0.1) is 0 Å². The van der Waals surface area contributed by atoms with E-state index < -0.39 is 0 Å². The van der Waals surface area contributed by atoms with Crippen molar-refractivity contribution in [2.45, 2.75) is 51.1 Å². The molecule has 2 fully saturated rings. The van der Waals surface area contributed by atoms with Crippen LogP contribution in [0.3, 0.4) is 0 Å². The molecule has 0 aromatic carbocycles. The van der Waals surface area contributed by atoms with Crippen LogP contribution in [0.5, 0.6) is 0 Å². The second-order valence-corrected chi connectivity index (χ2v) is 6.01. The van der Waals surface area contributed by atoms with Gasteiger partial charge < -0.3 is 5.32 Å². The minimum Gasteiger partial charge on any atom is -0.388 e. The van der Waals surface area contributed by atoms with Gasteiger partial charge in [0.25, 0.3) is 0 Å². The zero-order chi connectivity index (χ0) is 13.1. The molecule has 0 amide bonds. The van der Waals surface area contributed by atoms with Crippen LogP contribution in [-0.2, 0) is 6.54 Å². The van der Waals surface area contributed by atoms with Crippen LogP contribution in [0.25, 0.3) is 0 Å². The van der Waals surface area contributed by atoms with Crippen LogP contribution in [0.2, 0.25) is 0 Å². The van der Waals surface area contributed by atoms with Crippen molar-refractivity contribution in [1.82, 2.24) is 9.88 Å². The normalized spacial score (nSPS) is 27.8. The van der Waals surface area contributed by atoms with Crippen molar-refractivity contribution < 1.29 is 0 Å². The van der Waals surface area contributed by atoms with E-state index in [1.54, 1.807) is 0 Å². The highest BCUT2D eigenvalue weighted by atomic mass is 15.2. The predicted octanol–water partition coefficient (Wildman–Crippen LogP) is 3.28. The number of hydrogen-bond acceptors (Lipinski definition) is 3. The lowest BCUT2D eigenvalue weighted by molar-refractivity contribution is 0.0537. The van der Waals surface area contributed by atoms with Gasteiger partial charge in [0.15, 0.2) is 0 Å². The average molecular weight is 259 g/mol. The highest BCUT2D eigenvalue weighted by Crippen LogP contribution is 2.35. The third kappa shape index (κ3) is 2.92. The highest BCUT2D eigenvalue weighted by Gasteiger charge is 2.33. The fraction of sp³-hybridized carbons (Fsp3) is 0.688. The summed E-state index contributed by atoms with van der Waals surface area (Å²) in [7, 11) is 1.97. The number of piperidine rings is 1. The third-order valence-electron chi connectivity index (χ3n) is 4.83. The lowest BCUT2D eigenvalue weighted by atomic mass is 9.78. The summed E-state index contributed by atoms with van der Waals surface area (Å²) in [5.41, 5.74) is 2.38. The molecule has 0 bridgehead atoms. The molecule has 3 heteroatoms. The van der Waals surface area contributed by atoms with Crippen LogP contribution >= 0.6 is 0 Å². The molecule has 2 aliphatic rings. The molecule has 1 saturated carbocycles. The van der Waals surface area contributed by atoms with E-state index in [1.165, 1.54) is 56.5 Å². The summed E-state index contributed by atoms with van der Waals surface area (Å²) in [5, 5.41) is 3.20. The largest absolute Gasteiger partial charge is 0.388 e. The molecule has 1 saturated heterocycles. The third-order valence-corrected chi connectivity index (χ3v) is 4.83. The van der Waals surface area contributed by atoms with Crippen molar-refractivity contribution in [2.24, 2.45) is 5.92 Å². The van der Waals surface area contributed by atoms with Crippen LogP contribution in [0, 0.1) is 5.92 Å². The maximum absolute atomic E-state index is 4.54. The lowest BCUT2D eigenvalue weighted by Crippen LogP contribution is -2.46. The predicted molar refractivity (Wildman–Crippen MR) is 79.2 cm³/mol. The molecule has 0 radical (unpaired) electrons. The number of nitrogens with zero attached hydrogens (tertiary/aromatic N) is 2. The minimum absolute atomic E-state index is 0.822. The van der Waals surface area contributed by atoms with Crippen LogP contribution in [0.1, 0.15) is 44.2 Å². The first-order chi connectivity index (χ1) is 9.36. The van der Waals surface area contributed by atoms with Crippen LogP contribution in [0.4, 0.5) is 5.69 Å². The van der Waals surface area contributed by atoms with Crippen LogP contribution < -0.4 is 5.32 Å². The Morgan fingerprint density at radius 2 is 2.11 bits per heavy atom. The van der Waals surface area contributed by atoms with Gasteiger partial charge >= 0.3 is 0 Å². The highest BCUT2D eigenvalue weighted by molar-refractivity contribution is 5.42. The Kier molecular flexibility index (Phi) is 4.02.